The maximum atomic E-state index is 5.97. The third-order valence-corrected chi connectivity index (χ3v) is 4.94. The van der Waals surface area contributed by atoms with E-state index in [1.165, 1.54) is 19.5 Å². The molecule has 0 radical (unpaired) electrons. The fourth-order valence-electron chi connectivity index (χ4n) is 3.77. The minimum atomic E-state index is 0.201. The average Bonchev–Trinajstić information content (AvgIpc) is 3.10. The SMILES string of the molecule is CCNC(=NC[C@@H]1CCN(C)C1)NC[C@@H]1CCO[C@@H]1C(C)(C)C. The number of nitrogens with zero attached hydrogens (tertiary/aromatic N) is 2. The topological polar surface area (TPSA) is 48.9 Å². The standard InChI is InChI=1S/C18H36N4O/c1-6-19-17(20-11-14-7-9-22(5)13-14)21-12-15-8-10-23-16(15)18(2,3)4/h14-16H,6-13H2,1-5H3,(H2,19,20,21)/t14-,15-,16-/m0/s1. The van der Waals surface area contributed by atoms with E-state index in [9.17, 15) is 0 Å². The van der Waals surface area contributed by atoms with E-state index >= 15 is 0 Å². The number of hydrogen-bond acceptors (Lipinski definition) is 3. The van der Waals surface area contributed by atoms with Crippen LogP contribution in [-0.4, -0.2) is 63.3 Å². The molecule has 0 spiro atoms. The second-order valence-electron chi connectivity index (χ2n) is 8.22. The maximum absolute atomic E-state index is 5.97. The summed E-state index contributed by atoms with van der Waals surface area (Å²) in [5.41, 5.74) is 0.201. The van der Waals surface area contributed by atoms with Crippen LogP contribution in [0.2, 0.25) is 0 Å². The average molecular weight is 325 g/mol. The van der Waals surface area contributed by atoms with Crippen LogP contribution in [0.25, 0.3) is 0 Å². The molecule has 2 saturated heterocycles. The molecule has 134 valence electrons. The van der Waals surface area contributed by atoms with E-state index in [1.54, 1.807) is 0 Å². The van der Waals surface area contributed by atoms with Crippen LogP contribution in [0.5, 0.6) is 0 Å². The van der Waals surface area contributed by atoms with Crippen LogP contribution in [0.1, 0.15) is 40.5 Å². The Morgan fingerprint density at radius 2 is 2.04 bits per heavy atom. The zero-order valence-corrected chi connectivity index (χ0v) is 15.7. The lowest BCUT2D eigenvalue weighted by Gasteiger charge is -2.31. The molecule has 5 nitrogen and oxygen atoms in total. The van der Waals surface area contributed by atoms with Gasteiger partial charge in [0.25, 0.3) is 0 Å². The van der Waals surface area contributed by atoms with Gasteiger partial charge in [-0.25, -0.2) is 0 Å². The van der Waals surface area contributed by atoms with Crippen LogP contribution < -0.4 is 10.6 Å². The molecule has 23 heavy (non-hydrogen) atoms. The smallest absolute Gasteiger partial charge is 0.191 e. The van der Waals surface area contributed by atoms with Gasteiger partial charge < -0.3 is 20.3 Å². The van der Waals surface area contributed by atoms with Gasteiger partial charge in [-0.2, -0.15) is 0 Å². The fraction of sp³-hybridized carbons (Fsp3) is 0.944. The molecule has 2 aliphatic heterocycles. The van der Waals surface area contributed by atoms with Gasteiger partial charge in [-0.05, 0) is 44.7 Å². The highest BCUT2D eigenvalue weighted by atomic mass is 16.5. The van der Waals surface area contributed by atoms with Crippen molar-refractivity contribution in [2.45, 2.75) is 46.6 Å². The van der Waals surface area contributed by atoms with Gasteiger partial charge in [-0.1, -0.05) is 20.8 Å². The summed E-state index contributed by atoms with van der Waals surface area (Å²) >= 11 is 0. The summed E-state index contributed by atoms with van der Waals surface area (Å²) in [5.74, 6) is 2.23. The molecule has 0 saturated carbocycles. The highest BCUT2D eigenvalue weighted by Gasteiger charge is 2.37. The summed E-state index contributed by atoms with van der Waals surface area (Å²) in [4.78, 5) is 7.20. The van der Waals surface area contributed by atoms with E-state index in [0.717, 1.165) is 38.6 Å². The van der Waals surface area contributed by atoms with Crippen molar-refractivity contribution in [1.29, 1.82) is 0 Å². The van der Waals surface area contributed by atoms with E-state index < -0.39 is 0 Å². The lowest BCUT2D eigenvalue weighted by Crippen LogP contribution is -2.43. The molecule has 2 rings (SSSR count). The van der Waals surface area contributed by atoms with Crippen molar-refractivity contribution in [2.75, 3.05) is 46.4 Å². The first kappa shape index (κ1) is 18.5. The molecule has 3 atom stereocenters. The van der Waals surface area contributed by atoms with Crippen molar-refractivity contribution in [3.05, 3.63) is 0 Å². The second-order valence-corrected chi connectivity index (χ2v) is 8.22. The molecule has 2 aliphatic rings. The molecular formula is C18H36N4O. The van der Waals surface area contributed by atoms with Gasteiger partial charge in [0.15, 0.2) is 5.96 Å². The molecule has 0 aromatic heterocycles. The van der Waals surface area contributed by atoms with Crippen molar-refractivity contribution in [1.82, 2.24) is 15.5 Å². The van der Waals surface area contributed by atoms with Gasteiger partial charge in [0, 0.05) is 38.7 Å². The molecule has 2 heterocycles. The number of likely N-dealkylation sites (tertiary alicyclic amines) is 1. The maximum Gasteiger partial charge on any atom is 0.191 e. The van der Waals surface area contributed by atoms with Gasteiger partial charge in [0.1, 0.15) is 0 Å². The van der Waals surface area contributed by atoms with Gasteiger partial charge in [0.2, 0.25) is 0 Å². The van der Waals surface area contributed by atoms with Crippen molar-refractivity contribution in [2.24, 2.45) is 22.2 Å². The molecule has 0 unspecified atom stereocenters. The summed E-state index contributed by atoms with van der Waals surface area (Å²) < 4.78 is 5.97. The minimum Gasteiger partial charge on any atom is -0.377 e. The lowest BCUT2D eigenvalue weighted by atomic mass is 9.81. The molecule has 2 N–H and O–H groups in total. The third kappa shape index (κ3) is 5.64. The van der Waals surface area contributed by atoms with E-state index in [-0.39, 0.29) is 5.41 Å². The van der Waals surface area contributed by atoms with Crippen molar-refractivity contribution >= 4 is 5.96 Å². The van der Waals surface area contributed by atoms with Crippen LogP contribution in [0.4, 0.5) is 0 Å². The number of guanidine groups is 1. The van der Waals surface area contributed by atoms with Crippen LogP contribution in [0, 0.1) is 17.3 Å². The van der Waals surface area contributed by atoms with Crippen LogP contribution in [0.3, 0.4) is 0 Å². The Morgan fingerprint density at radius 1 is 1.26 bits per heavy atom. The van der Waals surface area contributed by atoms with Crippen LogP contribution in [0.15, 0.2) is 4.99 Å². The first-order valence-electron chi connectivity index (χ1n) is 9.22. The molecule has 2 fully saturated rings. The summed E-state index contributed by atoms with van der Waals surface area (Å²) in [6.45, 7) is 15.0. The monoisotopic (exact) mass is 324 g/mol. The van der Waals surface area contributed by atoms with Crippen molar-refractivity contribution < 1.29 is 4.74 Å². The highest BCUT2D eigenvalue weighted by Crippen LogP contribution is 2.34. The molecule has 5 heteroatoms. The van der Waals surface area contributed by atoms with Gasteiger partial charge >= 0.3 is 0 Å². The number of hydrogen-bond donors (Lipinski definition) is 2. The lowest BCUT2D eigenvalue weighted by molar-refractivity contribution is 0.00801. The third-order valence-electron chi connectivity index (χ3n) is 4.94. The first-order chi connectivity index (χ1) is 10.9. The molecule has 0 aliphatic carbocycles. The zero-order valence-electron chi connectivity index (χ0n) is 15.7. The Bertz CT molecular complexity index is 391. The molecule has 0 bridgehead atoms. The summed E-state index contributed by atoms with van der Waals surface area (Å²) in [5, 5.41) is 6.92. The Hall–Kier alpha value is -0.810. The highest BCUT2D eigenvalue weighted by molar-refractivity contribution is 5.79. The van der Waals surface area contributed by atoms with Crippen molar-refractivity contribution in [3.63, 3.8) is 0 Å². The number of ether oxygens (including phenoxy) is 1. The predicted octanol–water partition coefficient (Wildman–Crippen LogP) is 1.94. The van der Waals surface area contributed by atoms with Crippen molar-refractivity contribution in [3.8, 4) is 0 Å². The first-order valence-corrected chi connectivity index (χ1v) is 9.22. The van der Waals surface area contributed by atoms with E-state index in [1.807, 2.05) is 0 Å². The molecule has 0 aromatic carbocycles. The summed E-state index contributed by atoms with van der Waals surface area (Å²) in [6, 6.07) is 0. The van der Waals surface area contributed by atoms with Gasteiger partial charge in [-0.15, -0.1) is 0 Å². The van der Waals surface area contributed by atoms with E-state index in [4.69, 9.17) is 9.73 Å². The molecule has 0 aromatic rings. The van der Waals surface area contributed by atoms with Gasteiger partial charge in [-0.3, -0.25) is 4.99 Å². The Morgan fingerprint density at radius 3 is 2.65 bits per heavy atom. The Labute approximate surface area is 142 Å². The van der Waals surface area contributed by atoms with Crippen LogP contribution >= 0.6 is 0 Å². The summed E-state index contributed by atoms with van der Waals surface area (Å²) in [6.07, 6.45) is 2.74. The Balaban J connectivity index is 1.84. The van der Waals surface area contributed by atoms with E-state index in [2.05, 4.69) is 50.3 Å². The Kier molecular flexibility index (Phi) is 6.72. The van der Waals surface area contributed by atoms with Gasteiger partial charge in [0.05, 0.1) is 6.10 Å². The second kappa shape index (κ2) is 8.34. The molecular weight excluding hydrogens is 288 g/mol. The van der Waals surface area contributed by atoms with Crippen LogP contribution in [-0.2, 0) is 4.74 Å². The van der Waals surface area contributed by atoms with E-state index in [0.29, 0.717) is 17.9 Å². The number of aliphatic imine (C=N–C) groups is 1. The normalized spacial score (nSPS) is 30.0. The predicted molar refractivity (Wildman–Crippen MR) is 96.9 cm³/mol. The quantitative estimate of drug-likeness (QED) is 0.599. The largest absolute Gasteiger partial charge is 0.377 e. The molecule has 0 amide bonds. The number of nitrogens with one attached hydrogen (secondary N) is 2. The summed E-state index contributed by atoms with van der Waals surface area (Å²) in [7, 11) is 2.19. The fourth-order valence-corrected chi connectivity index (χ4v) is 3.77. The number of rotatable bonds is 5. The zero-order chi connectivity index (χ0) is 16.9. The minimum absolute atomic E-state index is 0.201.